The maximum atomic E-state index is 11.6. The van der Waals surface area contributed by atoms with E-state index in [-0.39, 0.29) is 12.4 Å². The van der Waals surface area contributed by atoms with Crippen LogP contribution in [0.25, 0.3) is 0 Å². The van der Waals surface area contributed by atoms with Gasteiger partial charge in [-0.05, 0) is 20.8 Å². The van der Waals surface area contributed by atoms with Crippen LogP contribution in [0.3, 0.4) is 0 Å². The lowest BCUT2D eigenvalue weighted by molar-refractivity contribution is -0.227. The van der Waals surface area contributed by atoms with Gasteiger partial charge in [-0.2, -0.15) is 0 Å². The van der Waals surface area contributed by atoms with Crippen molar-refractivity contribution >= 4 is 5.97 Å². The van der Waals surface area contributed by atoms with Crippen molar-refractivity contribution in [2.75, 3.05) is 13.7 Å². The molecule has 19 heavy (non-hydrogen) atoms. The van der Waals surface area contributed by atoms with Crippen molar-refractivity contribution in [2.24, 2.45) is 0 Å². The summed E-state index contributed by atoms with van der Waals surface area (Å²) in [4.78, 5) is 19.5. The molecule has 0 saturated carbocycles. The van der Waals surface area contributed by atoms with E-state index < -0.39 is 11.9 Å². The summed E-state index contributed by atoms with van der Waals surface area (Å²) in [6.07, 6.45) is 4.24. The van der Waals surface area contributed by atoms with Crippen molar-refractivity contribution in [3.8, 4) is 0 Å². The summed E-state index contributed by atoms with van der Waals surface area (Å²) in [5.74, 6) is -1.14. The first-order chi connectivity index (χ1) is 8.98. The van der Waals surface area contributed by atoms with Gasteiger partial charge in [0.15, 0.2) is 5.79 Å². The van der Waals surface area contributed by atoms with Crippen LogP contribution in [0.2, 0.25) is 0 Å². The van der Waals surface area contributed by atoms with E-state index in [1.54, 1.807) is 40.3 Å². The molecule has 0 N–H and O–H groups in total. The number of rotatable bonds is 7. The number of ether oxygens (including phenoxy) is 3. The molecule has 1 heterocycles. The van der Waals surface area contributed by atoms with Gasteiger partial charge in [0.25, 0.3) is 0 Å². The molecule has 1 atom stereocenters. The molecule has 0 amide bonds. The highest BCUT2D eigenvalue weighted by atomic mass is 16.7. The van der Waals surface area contributed by atoms with Crippen molar-refractivity contribution in [1.82, 2.24) is 9.97 Å². The SMILES string of the molecule is CCOC(=O)CC(OC(C)(C)OC)c1cncnc1. The van der Waals surface area contributed by atoms with Gasteiger partial charge < -0.3 is 14.2 Å². The second-order valence-electron chi connectivity index (χ2n) is 4.39. The third-order valence-electron chi connectivity index (χ3n) is 2.53. The van der Waals surface area contributed by atoms with Crippen molar-refractivity contribution in [1.29, 1.82) is 0 Å². The summed E-state index contributed by atoms with van der Waals surface area (Å²) in [5.41, 5.74) is 0.709. The van der Waals surface area contributed by atoms with Crippen molar-refractivity contribution in [3.05, 3.63) is 24.3 Å². The molecule has 0 bridgehead atoms. The molecule has 0 fully saturated rings. The Kier molecular flexibility index (Phi) is 5.85. The van der Waals surface area contributed by atoms with Gasteiger partial charge in [0, 0.05) is 25.1 Å². The molecule has 0 aliphatic rings. The zero-order valence-electron chi connectivity index (χ0n) is 11.8. The van der Waals surface area contributed by atoms with Crippen LogP contribution < -0.4 is 0 Å². The fourth-order valence-corrected chi connectivity index (χ4v) is 1.47. The molecule has 0 saturated heterocycles. The topological polar surface area (TPSA) is 70.5 Å². The van der Waals surface area contributed by atoms with Crippen LogP contribution in [0, 0.1) is 0 Å². The van der Waals surface area contributed by atoms with Gasteiger partial charge in [-0.25, -0.2) is 9.97 Å². The lowest BCUT2D eigenvalue weighted by atomic mass is 10.1. The first kappa shape index (κ1) is 15.5. The molecule has 1 aromatic heterocycles. The van der Waals surface area contributed by atoms with Crippen LogP contribution in [-0.4, -0.2) is 35.4 Å². The Morgan fingerprint density at radius 3 is 2.53 bits per heavy atom. The molecule has 6 heteroatoms. The minimum Gasteiger partial charge on any atom is -0.466 e. The molecule has 0 aromatic carbocycles. The number of aromatic nitrogens is 2. The Morgan fingerprint density at radius 1 is 1.37 bits per heavy atom. The molecular formula is C13H20N2O4. The van der Waals surface area contributed by atoms with Crippen molar-refractivity contribution in [2.45, 2.75) is 39.1 Å². The van der Waals surface area contributed by atoms with E-state index in [1.807, 2.05) is 0 Å². The fraction of sp³-hybridized carbons (Fsp3) is 0.615. The lowest BCUT2D eigenvalue weighted by Gasteiger charge is -2.29. The molecule has 0 aliphatic heterocycles. The Morgan fingerprint density at radius 2 is 2.00 bits per heavy atom. The second-order valence-corrected chi connectivity index (χ2v) is 4.39. The maximum absolute atomic E-state index is 11.6. The van der Waals surface area contributed by atoms with Crippen LogP contribution in [-0.2, 0) is 19.0 Å². The summed E-state index contributed by atoms with van der Waals surface area (Å²) < 4.78 is 15.9. The average molecular weight is 268 g/mol. The standard InChI is InChI=1S/C13H20N2O4/c1-5-18-12(16)6-11(19-13(2,3)17-4)10-7-14-9-15-8-10/h7-9,11H,5-6H2,1-4H3. The monoisotopic (exact) mass is 268 g/mol. The van der Waals surface area contributed by atoms with Gasteiger partial charge in [-0.15, -0.1) is 0 Å². The number of nitrogens with zero attached hydrogens (tertiary/aromatic N) is 2. The second kappa shape index (κ2) is 7.16. The zero-order valence-corrected chi connectivity index (χ0v) is 11.8. The highest BCUT2D eigenvalue weighted by Gasteiger charge is 2.27. The first-order valence-electron chi connectivity index (χ1n) is 6.12. The molecule has 0 radical (unpaired) electrons. The number of carbonyl (C=O) groups excluding carboxylic acids is 1. The van der Waals surface area contributed by atoms with E-state index >= 15 is 0 Å². The van der Waals surface area contributed by atoms with Crippen LogP contribution in [0.1, 0.15) is 38.9 Å². The molecule has 0 aliphatic carbocycles. The number of hydrogen-bond donors (Lipinski definition) is 0. The van der Waals surface area contributed by atoms with Crippen LogP contribution >= 0.6 is 0 Å². The van der Waals surface area contributed by atoms with Gasteiger partial charge in [0.2, 0.25) is 0 Å². The summed E-state index contributed by atoms with van der Waals surface area (Å²) in [5, 5.41) is 0. The van der Waals surface area contributed by atoms with E-state index in [1.165, 1.54) is 6.33 Å². The Labute approximate surface area is 113 Å². The Bertz CT molecular complexity index is 395. The van der Waals surface area contributed by atoms with Crippen molar-refractivity contribution < 1.29 is 19.0 Å². The van der Waals surface area contributed by atoms with Crippen LogP contribution in [0.15, 0.2) is 18.7 Å². The third kappa shape index (κ3) is 5.32. The number of methoxy groups -OCH3 is 1. The summed E-state index contributed by atoms with van der Waals surface area (Å²) in [6.45, 7) is 5.65. The van der Waals surface area contributed by atoms with E-state index in [9.17, 15) is 4.79 Å². The van der Waals surface area contributed by atoms with Gasteiger partial charge in [0.05, 0.1) is 19.1 Å². The van der Waals surface area contributed by atoms with Gasteiger partial charge in [0.1, 0.15) is 6.33 Å². The smallest absolute Gasteiger partial charge is 0.308 e. The normalized spacial score (nSPS) is 13.1. The summed E-state index contributed by atoms with van der Waals surface area (Å²) in [7, 11) is 1.54. The van der Waals surface area contributed by atoms with Crippen molar-refractivity contribution in [3.63, 3.8) is 0 Å². The van der Waals surface area contributed by atoms with Crippen LogP contribution in [0.5, 0.6) is 0 Å². The average Bonchev–Trinajstić information content (AvgIpc) is 2.39. The lowest BCUT2D eigenvalue weighted by Crippen LogP contribution is -2.30. The highest BCUT2D eigenvalue weighted by molar-refractivity contribution is 5.70. The van der Waals surface area contributed by atoms with E-state index in [4.69, 9.17) is 14.2 Å². The van der Waals surface area contributed by atoms with Gasteiger partial charge in [-0.1, -0.05) is 0 Å². The molecule has 6 nitrogen and oxygen atoms in total. The molecule has 1 unspecified atom stereocenters. The van der Waals surface area contributed by atoms with E-state index in [0.29, 0.717) is 12.2 Å². The fourth-order valence-electron chi connectivity index (χ4n) is 1.47. The van der Waals surface area contributed by atoms with E-state index in [0.717, 1.165) is 0 Å². The number of carbonyl (C=O) groups is 1. The Balaban J connectivity index is 2.82. The molecular weight excluding hydrogens is 248 g/mol. The number of esters is 1. The van der Waals surface area contributed by atoms with Gasteiger partial charge >= 0.3 is 5.97 Å². The summed E-state index contributed by atoms with van der Waals surface area (Å²) in [6, 6.07) is 0. The minimum absolute atomic E-state index is 0.0913. The predicted molar refractivity (Wildman–Crippen MR) is 68.2 cm³/mol. The number of hydrogen-bond acceptors (Lipinski definition) is 6. The zero-order chi connectivity index (χ0) is 14.3. The minimum atomic E-state index is -0.812. The quantitative estimate of drug-likeness (QED) is 0.555. The summed E-state index contributed by atoms with van der Waals surface area (Å²) >= 11 is 0. The molecule has 1 aromatic rings. The first-order valence-corrected chi connectivity index (χ1v) is 6.12. The Hall–Kier alpha value is -1.53. The van der Waals surface area contributed by atoms with E-state index in [2.05, 4.69) is 9.97 Å². The molecule has 106 valence electrons. The third-order valence-corrected chi connectivity index (χ3v) is 2.53. The largest absolute Gasteiger partial charge is 0.466 e. The predicted octanol–water partition coefficient (Wildman–Crippen LogP) is 1.87. The molecule has 0 spiro atoms. The molecule has 1 rings (SSSR count). The van der Waals surface area contributed by atoms with Crippen LogP contribution in [0.4, 0.5) is 0 Å². The van der Waals surface area contributed by atoms with Gasteiger partial charge in [-0.3, -0.25) is 4.79 Å². The maximum Gasteiger partial charge on any atom is 0.308 e. The highest BCUT2D eigenvalue weighted by Crippen LogP contribution is 2.27.